The molecule has 0 bridgehead atoms. The molecule has 30 heavy (non-hydrogen) atoms. The Morgan fingerprint density at radius 3 is 2.60 bits per heavy atom. The molecule has 0 unspecified atom stereocenters. The Morgan fingerprint density at radius 1 is 1.07 bits per heavy atom. The number of nitrogens with one attached hydrogen (secondary N) is 1. The van der Waals surface area contributed by atoms with Gasteiger partial charge < -0.3 is 5.32 Å². The highest BCUT2D eigenvalue weighted by Crippen LogP contribution is 2.28. The van der Waals surface area contributed by atoms with Crippen molar-refractivity contribution < 1.29 is 13.2 Å². The van der Waals surface area contributed by atoms with E-state index in [1.807, 2.05) is 24.3 Å². The van der Waals surface area contributed by atoms with Crippen molar-refractivity contribution in [3.63, 3.8) is 0 Å². The highest BCUT2D eigenvalue weighted by molar-refractivity contribution is 7.99. The summed E-state index contributed by atoms with van der Waals surface area (Å²) in [4.78, 5) is 17.2. The van der Waals surface area contributed by atoms with Crippen LogP contribution in [0.1, 0.15) is 24.3 Å². The topological polar surface area (TPSA) is 79.4 Å². The average Bonchev–Trinajstić information content (AvgIpc) is 3.17. The Balaban J connectivity index is 1.38. The van der Waals surface area contributed by atoms with E-state index in [1.54, 1.807) is 35.6 Å². The summed E-state index contributed by atoms with van der Waals surface area (Å²) in [7, 11) is -3.61. The molecule has 3 aromatic rings. The van der Waals surface area contributed by atoms with E-state index in [0.29, 0.717) is 24.5 Å². The third kappa shape index (κ3) is 4.85. The van der Waals surface area contributed by atoms with E-state index in [0.717, 1.165) is 34.5 Å². The fourth-order valence-electron chi connectivity index (χ4n) is 3.44. The number of sulfonamides is 1. The molecule has 2 aromatic carbocycles. The third-order valence-electron chi connectivity index (χ3n) is 4.89. The van der Waals surface area contributed by atoms with Crippen molar-refractivity contribution in [2.45, 2.75) is 29.9 Å². The quantitative estimate of drug-likeness (QED) is 0.566. The second-order valence-corrected chi connectivity index (χ2v) is 11.1. The Labute approximate surface area is 184 Å². The van der Waals surface area contributed by atoms with Crippen molar-refractivity contribution in [2.24, 2.45) is 0 Å². The van der Waals surface area contributed by atoms with Gasteiger partial charge in [-0.1, -0.05) is 30.7 Å². The fraction of sp³-hybridized carbons (Fsp3) is 0.333. The molecule has 9 heteroatoms. The summed E-state index contributed by atoms with van der Waals surface area (Å²) in [6, 6.07) is 14.6. The summed E-state index contributed by atoms with van der Waals surface area (Å²) >= 11 is 3.09. The van der Waals surface area contributed by atoms with Gasteiger partial charge in [0.2, 0.25) is 15.9 Å². The van der Waals surface area contributed by atoms with Crippen molar-refractivity contribution in [2.75, 3.05) is 24.2 Å². The van der Waals surface area contributed by atoms with Crippen molar-refractivity contribution in [3.05, 3.63) is 53.5 Å². The number of amides is 1. The Bertz CT molecular complexity index is 1110. The fourth-order valence-corrected chi connectivity index (χ4v) is 6.95. The largest absolute Gasteiger partial charge is 0.324 e. The van der Waals surface area contributed by atoms with Gasteiger partial charge in [0.25, 0.3) is 0 Å². The number of thiazole rings is 1. The molecular weight excluding hydrogens is 438 g/mol. The molecular formula is C21H23N3O3S3. The van der Waals surface area contributed by atoms with Crippen LogP contribution in [0.3, 0.4) is 0 Å². The smallest absolute Gasteiger partial charge is 0.245 e. The summed E-state index contributed by atoms with van der Waals surface area (Å²) < 4.78 is 28.7. The van der Waals surface area contributed by atoms with E-state index < -0.39 is 10.0 Å². The van der Waals surface area contributed by atoms with E-state index >= 15 is 0 Å². The highest BCUT2D eigenvalue weighted by atomic mass is 32.2. The molecule has 1 aliphatic heterocycles. The number of anilines is 1. The summed E-state index contributed by atoms with van der Waals surface area (Å²) in [6.45, 7) is 1.06. The molecule has 0 spiro atoms. The van der Waals surface area contributed by atoms with Crippen LogP contribution in [-0.4, -0.2) is 42.5 Å². The van der Waals surface area contributed by atoms with Crippen molar-refractivity contribution in [3.8, 4) is 0 Å². The lowest BCUT2D eigenvalue weighted by atomic mass is 10.2. The molecule has 0 saturated carbocycles. The lowest BCUT2D eigenvalue weighted by molar-refractivity contribution is -0.113. The minimum atomic E-state index is -3.61. The van der Waals surface area contributed by atoms with E-state index in [9.17, 15) is 13.2 Å². The lowest BCUT2D eigenvalue weighted by Crippen LogP contribution is -2.36. The number of rotatable bonds is 7. The van der Waals surface area contributed by atoms with Gasteiger partial charge in [-0.15, -0.1) is 23.1 Å². The number of fused-ring (bicyclic) bond motifs is 1. The number of aromatic nitrogens is 1. The first-order chi connectivity index (χ1) is 14.5. The maximum atomic E-state index is 13.0. The monoisotopic (exact) mass is 461 g/mol. The lowest BCUT2D eigenvalue weighted by Gasteiger charge is -2.26. The number of nitrogens with zero attached hydrogens (tertiary/aromatic N) is 2. The predicted molar refractivity (Wildman–Crippen MR) is 123 cm³/mol. The number of hydrogen-bond donors (Lipinski definition) is 1. The Kier molecular flexibility index (Phi) is 6.72. The summed E-state index contributed by atoms with van der Waals surface area (Å²) in [5.74, 6) is 0.650. The van der Waals surface area contributed by atoms with Gasteiger partial charge >= 0.3 is 0 Å². The van der Waals surface area contributed by atoms with Crippen LogP contribution in [0.25, 0.3) is 10.2 Å². The maximum Gasteiger partial charge on any atom is 0.245 e. The van der Waals surface area contributed by atoms with Gasteiger partial charge in [-0.3, -0.25) is 4.79 Å². The van der Waals surface area contributed by atoms with Crippen LogP contribution in [0.2, 0.25) is 0 Å². The second-order valence-electron chi connectivity index (χ2n) is 7.08. The van der Waals surface area contributed by atoms with Gasteiger partial charge in [0.05, 0.1) is 21.7 Å². The number of para-hydroxylation sites is 2. The van der Waals surface area contributed by atoms with Crippen LogP contribution in [0.4, 0.5) is 5.69 Å². The molecule has 1 aromatic heterocycles. The van der Waals surface area contributed by atoms with Crippen molar-refractivity contribution in [1.29, 1.82) is 0 Å². The van der Waals surface area contributed by atoms with Crippen LogP contribution in [-0.2, 0) is 20.6 Å². The minimum absolute atomic E-state index is 0.163. The number of benzene rings is 2. The summed E-state index contributed by atoms with van der Waals surface area (Å²) in [5.41, 5.74) is 1.31. The van der Waals surface area contributed by atoms with Crippen molar-refractivity contribution >= 4 is 54.9 Å². The normalized spacial score (nSPS) is 15.3. The predicted octanol–water partition coefficient (Wildman–Crippen LogP) is 4.34. The molecule has 1 aliphatic rings. The number of carbonyl (C=O) groups is 1. The van der Waals surface area contributed by atoms with E-state index in [1.165, 1.54) is 16.1 Å². The average molecular weight is 462 g/mol. The van der Waals surface area contributed by atoms with E-state index in [2.05, 4.69) is 10.3 Å². The molecule has 0 radical (unpaired) electrons. The molecule has 0 aliphatic carbocycles. The zero-order chi connectivity index (χ0) is 21.0. The Morgan fingerprint density at radius 2 is 1.80 bits per heavy atom. The van der Waals surface area contributed by atoms with Crippen LogP contribution < -0.4 is 5.32 Å². The van der Waals surface area contributed by atoms with Gasteiger partial charge in [0.1, 0.15) is 9.90 Å². The van der Waals surface area contributed by atoms with Gasteiger partial charge in [0, 0.05) is 18.8 Å². The number of piperidine rings is 1. The van der Waals surface area contributed by atoms with Crippen LogP contribution in [0.5, 0.6) is 0 Å². The van der Waals surface area contributed by atoms with Crippen LogP contribution in [0.15, 0.2) is 53.4 Å². The molecule has 1 saturated heterocycles. The highest BCUT2D eigenvalue weighted by Gasteiger charge is 2.28. The molecule has 158 valence electrons. The SMILES string of the molecule is O=C(CSCc1nc2ccccc2s1)Nc1ccccc1S(=O)(=O)N1CCCCC1. The summed E-state index contributed by atoms with van der Waals surface area (Å²) in [6.07, 6.45) is 2.79. The van der Waals surface area contributed by atoms with Crippen molar-refractivity contribution in [1.82, 2.24) is 9.29 Å². The number of carbonyl (C=O) groups excluding carboxylic acids is 1. The number of thioether (sulfide) groups is 1. The first-order valence-electron chi connectivity index (χ1n) is 9.85. The molecule has 4 rings (SSSR count). The van der Waals surface area contributed by atoms with E-state index in [-0.39, 0.29) is 16.6 Å². The second kappa shape index (κ2) is 9.47. The molecule has 1 fully saturated rings. The molecule has 0 atom stereocenters. The number of hydrogen-bond acceptors (Lipinski definition) is 6. The molecule has 1 amide bonds. The van der Waals surface area contributed by atoms with Gasteiger partial charge in [0.15, 0.2) is 0 Å². The molecule has 6 nitrogen and oxygen atoms in total. The van der Waals surface area contributed by atoms with Gasteiger partial charge in [-0.25, -0.2) is 13.4 Å². The zero-order valence-electron chi connectivity index (χ0n) is 16.4. The zero-order valence-corrected chi connectivity index (χ0v) is 18.9. The van der Waals surface area contributed by atoms with Crippen LogP contribution >= 0.6 is 23.1 Å². The first kappa shape index (κ1) is 21.3. The Hall–Kier alpha value is -1.94. The standard InChI is InChI=1S/C21H23N3O3S3/c25-20(14-28-15-21-23-16-8-2-4-10-18(16)29-21)22-17-9-3-5-11-19(17)30(26,27)24-12-6-1-7-13-24/h2-5,8-11H,1,6-7,12-15H2,(H,22,25). The van der Waals surface area contributed by atoms with Gasteiger partial charge in [-0.05, 0) is 37.1 Å². The molecule has 1 N–H and O–H groups in total. The molecule has 2 heterocycles. The van der Waals surface area contributed by atoms with Crippen LogP contribution in [0, 0.1) is 0 Å². The maximum absolute atomic E-state index is 13.0. The van der Waals surface area contributed by atoms with E-state index in [4.69, 9.17) is 0 Å². The summed E-state index contributed by atoms with van der Waals surface area (Å²) in [5, 5.41) is 3.76. The third-order valence-corrected chi connectivity index (χ3v) is 9.01. The van der Waals surface area contributed by atoms with Gasteiger partial charge in [-0.2, -0.15) is 4.31 Å². The minimum Gasteiger partial charge on any atom is -0.324 e. The first-order valence-corrected chi connectivity index (χ1v) is 13.3.